The first kappa shape index (κ1) is 23.6. The van der Waals surface area contributed by atoms with Crippen LogP contribution in [0.25, 0.3) is 0 Å². The van der Waals surface area contributed by atoms with Gasteiger partial charge in [0.1, 0.15) is 0 Å². The Kier molecular flexibility index (Phi) is 9.89. The molecule has 0 bridgehead atoms. The van der Waals surface area contributed by atoms with Crippen molar-refractivity contribution in [2.45, 2.75) is 13.3 Å². The molecular formula is C19H32N4O4S2. The van der Waals surface area contributed by atoms with Crippen LogP contribution in [0.2, 0.25) is 0 Å². The molecule has 1 saturated heterocycles. The minimum absolute atomic E-state index is 0.0317. The lowest BCUT2D eigenvalue weighted by molar-refractivity contribution is 0.354. The number of nitrogens with one attached hydrogen (secondary N) is 2. The van der Waals surface area contributed by atoms with Gasteiger partial charge >= 0.3 is 0 Å². The molecule has 0 spiro atoms. The number of hydrogen-bond donors (Lipinski definition) is 2. The Bertz CT molecular complexity index is 765. The van der Waals surface area contributed by atoms with Crippen LogP contribution >= 0.6 is 11.8 Å². The maximum atomic E-state index is 12.4. The van der Waals surface area contributed by atoms with Gasteiger partial charge in [0.2, 0.25) is 10.0 Å². The van der Waals surface area contributed by atoms with Gasteiger partial charge in [0.05, 0.1) is 26.5 Å². The molecule has 8 nitrogen and oxygen atoms in total. The number of hydrogen-bond acceptors (Lipinski definition) is 6. The number of methoxy groups -OCH3 is 2. The molecule has 164 valence electrons. The summed E-state index contributed by atoms with van der Waals surface area (Å²) in [5, 5.41) is 6.41. The molecule has 1 heterocycles. The highest BCUT2D eigenvalue weighted by atomic mass is 32.2. The van der Waals surface area contributed by atoms with Crippen LogP contribution in [0.3, 0.4) is 0 Å². The standard InChI is InChI=1S/C19H32N4O4S2/c1-4-20-19(22-9-14-29(24,25)23-10-12-28-13-11-23)21-8-7-16-5-6-17(26-2)18(15-16)27-3/h5-6,15H,4,7-14H2,1-3H3,(H2,20,21,22). The Morgan fingerprint density at radius 3 is 2.55 bits per heavy atom. The minimum atomic E-state index is -3.24. The first-order valence-corrected chi connectivity index (χ1v) is 12.5. The zero-order chi connectivity index (χ0) is 21.1. The third-order valence-electron chi connectivity index (χ3n) is 4.48. The van der Waals surface area contributed by atoms with Gasteiger partial charge in [0, 0.05) is 37.7 Å². The van der Waals surface area contributed by atoms with Gasteiger partial charge in [-0.15, -0.1) is 0 Å². The van der Waals surface area contributed by atoms with E-state index in [1.165, 1.54) is 0 Å². The van der Waals surface area contributed by atoms with Crippen molar-refractivity contribution in [3.63, 3.8) is 0 Å². The molecule has 1 aromatic carbocycles. The Morgan fingerprint density at radius 2 is 1.90 bits per heavy atom. The van der Waals surface area contributed by atoms with E-state index in [4.69, 9.17) is 9.47 Å². The maximum Gasteiger partial charge on any atom is 0.215 e. The SMILES string of the molecule is CCNC(=NCCS(=O)(=O)N1CCSCC1)NCCc1ccc(OC)c(OC)c1. The summed E-state index contributed by atoms with van der Waals surface area (Å²) < 4.78 is 37.0. The fourth-order valence-corrected chi connectivity index (χ4v) is 5.38. The van der Waals surface area contributed by atoms with Crippen LogP contribution in [-0.2, 0) is 16.4 Å². The van der Waals surface area contributed by atoms with Crippen molar-refractivity contribution in [3.8, 4) is 11.5 Å². The number of benzene rings is 1. The van der Waals surface area contributed by atoms with Crippen LogP contribution in [0.1, 0.15) is 12.5 Å². The average molecular weight is 445 g/mol. The fourth-order valence-electron chi connectivity index (χ4n) is 2.93. The minimum Gasteiger partial charge on any atom is -0.493 e. The average Bonchev–Trinajstić information content (AvgIpc) is 2.74. The Labute approximate surface area is 178 Å². The fraction of sp³-hybridized carbons (Fsp3) is 0.632. The van der Waals surface area contributed by atoms with Crippen molar-refractivity contribution >= 4 is 27.7 Å². The van der Waals surface area contributed by atoms with E-state index >= 15 is 0 Å². The predicted molar refractivity (Wildman–Crippen MR) is 120 cm³/mol. The first-order chi connectivity index (χ1) is 14.0. The number of thioether (sulfide) groups is 1. The molecule has 0 radical (unpaired) electrons. The van der Waals surface area contributed by atoms with Crippen LogP contribution < -0.4 is 20.1 Å². The number of ether oxygens (including phenoxy) is 2. The van der Waals surface area contributed by atoms with E-state index in [2.05, 4.69) is 15.6 Å². The second kappa shape index (κ2) is 12.1. The molecule has 0 aromatic heterocycles. The highest BCUT2D eigenvalue weighted by Gasteiger charge is 2.23. The van der Waals surface area contributed by atoms with Gasteiger partial charge in [-0.2, -0.15) is 11.8 Å². The molecule has 0 saturated carbocycles. The number of aliphatic imine (C=N–C) groups is 1. The largest absolute Gasteiger partial charge is 0.493 e. The zero-order valence-corrected chi connectivity index (χ0v) is 19.1. The summed E-state index contributed by atoms with van der Waals surface area (Å²) in [5.41, 5.74) is 1.11. The summed E-state index contributed by atoms with van der Waals surface area (Å²) in [4.78, 5) is 4.42. The number of guanidine groups is 1. The topological polar surface area (TPSA) is 92.3 Å². The summed E-state index contributed by atoms with van der Waals surface area (Å²) in [7, 11) is -0.00874. The third kappa shape index (κ3) is 7.60. The van der Waals surface area contributed by atoms with E-state index in [1.54, 1.807) is 30.3 Å². The summed E-state index contributed by atoms with van der Waals surface area (Å²) in [6, 6.07) is 5.84. The summed E-state index contributed by atoms with van der Waals surface area (Å²) in [6.07, 6.45) is 0.772. The van der Waals surface area contributed by atoms with Crippen molar-refractivity contribution in [2.75, 3.05) is 64.2 Å². The van der Waals surface area contributed by atoms with E-state index in [0.29, 0.717) is 43.6 Å². The zero-order valence-electron chi connectivity index (χ0n) is 17.4. The highest BCUT2D eigenvalue weighted by Crippen LogP contribution is 2.27. The molecule has 1 aliphatic rings. The van der Waals surface area contributed by atoms with Gasteiger partial charge in [0.25, 0.3) is 0 Å². The number of rotatable bonds is 10. The quantitative estimate of drug-likeness (QED) is 0.414. The molecule has 1 aromatic rings. The third-order valence-corrected chi connectivity index (χ3v) is 7.27. The lowest BCUT2D eigenvalue weighted by Gasteiger charge is -2.25. The maximum absolute atomic E-state index is 12.4. The second-order valence-corrected chi connectivity index (χ2v) is 9.77. The van der Waals surface area contributed by atoms with E-state index < -0.39 is 10.0 Å². The first-order valence-electron chi connectivity index (χ1n) is 9.78. The Morgan fingerprint density at radius 1 is 1.17 bits per heavy atom. The summed E-state index contributed by atoms with van der Waals surface area (Å²) in [5.74, 6) is 3.78. The van der Waals surface area contributed by atoms with Gasteiger partial charge in [0.15, 0.2) is 17.5 Å². The van der Waals surface area contributed by atoms with E-state index in [1.807, 2.05) is 25.1 Å². The van der Waals surface area contributed by atoms with Gasteiger partial charge in [-0.05, 0) is 31.0 Å². The van der Waals surface area contributed by atoms with E-state index in [0.717, 1.165) is 23.5 Å². The van der Waals surface area contributed by atoms with Crippen molar-refractivity contribution in [3.05, 3.63) is 23.8 Å². The van der Waals surface area contributed by atoms with Crippen molar-refractivity contribution in [1.29, 1.82) is 0 Å². The van der Waals surface area contributed by atoms with Crippen LogP contribution in [0.4, 0.5) is 0 Å². The molecule has 2 rings (SSSR count). The van der Waals surface area contributed by atoms with Crippen molar-refractivity contribution < 1.29 is 17.9 Å². The lowest BCUT2D eigenvalue weighted by Crippen LogP contribution is -2.41. The van der Waals surface area contributed by atoms with Crippen molar-refractivity contribution in [2.24, 2.45) is 4.99 Å². The Hall–Kier alpha value is -1.65. The molecule has 2 N–H and O–H groups in total. The number of sulfonamides is 1. The smallest absolute Gasteiger partial charge is 0.215 e. The van der Waals surface area contributed by atoms with Crippen LogP contribution in [0.5, 0.6) is 11.5 Å². The van der Waals surface area contributed by atoms with Gasteiger partial charge in [-0.1, -0.05) is 6.07 Å². The summed E-state index contributed by atoms with van der Waals surface area (Å²) >= 11 is 1.79. The monoisotopic (exact) mass is 444 g/mol. The Balaban J connectivity index is 1.85. The predicted octanol–water partition coefficient (Wildman–Crippen LogP) is 1.18. The van der Waals surface area contributed by atoms with Crippen LogP contribution in [0, 0.1) is 0 Å². The molecule has 0 unspecified atom stereocenters. The lowest BCUT2D eigenvalue weighted by atomic mass is 10.1. The molecule has 1 aliphatic heterocycles. The van der Waals surface area contributed by atoms with Crippen LogP contribution in [-0.4, -0.2) is 82.9 Å². The molecule has 1 fully saturated rings. The van der Waals surface area contributed by atoms with Gasteiger partial charge in [-0.25, -0.2) is 12.7 Å². The normalized spacial score (nSPS) is 15.8. The van der Waals surface area contributed by atoms with Gasteiger partial charge in [-0.3, -0.25) is 4.99 Å². The highest BCUT2D eigenvalue weighted by molar-refractivity contribution is 7.99. The second-order valence-electron chi connectivity index (χ2n) is 6.45. The van der Waals surface area contributed by atoms with E-state index in [-0.39, 0.29) is 12.3 Å². The molecule has 0 atom stereocenters. The van der Waals surface area contributed by atoms with Crippen LogP contribution in [0.15, 0.2) is 23.2 Å². The van der Waals surface area contributed by atoms with E-state index in [9.17, 15) is 8.42 Å². The molecule has 29 heavy (non-hydrogen) atoms. The van der Waals surface area contributed by atoms with Gasteiger partial charge < -0.3 is 20.1 Å². The summed E-state index contributed by atoms with van der Waals surface area (Å²) in [6.45, 7) is 4.78. The molecular weight excluding hydrogens is 412 g/mol. The van der Waals surface area contributed by atoms with Crippen molar-refractivity contribution in [1.82, 2.24) is 14.9 Å². The molecule has 0 amide bonds. The molecule has 0 aliphatic carbocycles. The molecule has 10 heteroatoms. The number of nitrogens with zero attached hydrogens (tertiary/aromatic N) is 2.